The van der Waals surface area contributed by atoms with Crippen LogP contribution in [0.25, 0.3) is 10.9 Å². The van der Waals surface area contributed by atoms with Gasteiger partial charge in [-0.25, -0.2) is 9.37 Å². The quantitative estimate of drug-likeness (QED) is 0.756. The Morgan fingerprint density at radius 1 is 1.23 bits per heavy atom. The summed E-state index contributed by atoms with van der Waals surface area (Å²) in [6.45, 7) is 1.84. The van der Waals surface area contributed by atoms with Crippen molar-refractivity contribution in [3.05, 3.63) is 59.2 Å². The van der Waals surface area contributed by atoms with Crippen LogP contribution in [0.4, 0.5) is 10.2 Å². The van der Waals surface area contributed by atoms with Gasteiger partial charge in [0.15, 0.2) is 0 Å². The highest BCUT2D eigenvalue weighted by Gasteiger charge is 2.15. The van der Waals surface area contributed by atoms with Crippen LogP contribution in [-0.4, -0.2) is 40.8 Å². The topological polar surface area (TPSA) is 78.1 Å². The Labute approximate surface area is 150 Å². The molecule has 0 aliphatic heterocycles. The predicted octanol–water partition coefficient (Wildman–Crippen LogP) is 2.89. The van der Waals surface area contributed by atoms with Crippen molar-refractivity contribution in [3.8, 4) is 0 Å². The molecular weight excluding hydrogens is 335 g/mol. The minimum Gasteiger partial charge on any atom is -0.358 e. The first-order chi connectivity index (χ1) is 12.3. The summed E-state index contributed by atoms with van der Waals surface area (Å²) in [7, 11) is 3.31. The molecule has 2 N–H and O–H groups in total. The summed E-state index contributed by atoms with van der Waals surface area (Å²) in [4.78, 5) is 33.1. The van der Waals surface area contributed by atoms with Crippen LogP contribution in [-0.2, 0) is 11.2 Å². The van der Waals surface area contributed by atoms with Gasteiger partial charge >= 0.3 is 0 Å². The van der Waals surface area contributed by atoms with Gasteiger partial charge in [-0.1, -0.05) is 0 Å². The van der Waals surface area contributed by atoms with Gasteiger partial charge in [-0.05, 0) is 42.8 Å². The minimum atomic E-state index is -0.352. The number of H-pyrrole nitrogens is 1. The number of benzene rings is 1. The summed E-state index contributed by atoms with van der Waals surface area (Å²) in [5.41, 5.74) is 2.76. The minimum absolute atomic E-state index is 0.0722. The highest BCUT2D eigenvalue weighted by atomic mass is 19.1. The molecule has 7 heteroatoms. The number of nitrogens with zero attached hydrogens (tertiary/aromatic N) is 2. The van der Waals surface area contributed by atoms with Crippen molar-refractivity contribution < 1.29 is 14.0 Å². The molecule has 0 saturated carbocycles. The number of pyridine rings is 1. The van der Waals surface area contributed by atoms with Crippen LogP contribution in [0.3, 0.4) is 0 Å². The Hall–Kier alpha value is -3.22. The number of nitrogens with one attached hydrogen (secondary N) is 2. The lowest BCUT2D eigenvalue weighted by atomic mass is 10.1. The maximum atomic E-state index is 13.5. The molecular formula is C19H19FN4O2. The molecule has 2 amide bonds. The van der Waals surface area contributed by atoms with E-state index in [0.29, 0.717) is 16.8 Å². The first kappa shape index (κ1) is 17.6. The third-order valence-electron chi connectivity index (χ3n) is 4.10. The largest absolute Gasteiger partial charge is 0.358 e. The maximum absolute atomic E-state index is 13.5. The highest BCUT2D eigenvalue weighted by Crippen LogP contribution is 2.24. The molecule has 0 saturated heterocycles. The standard InChI is InChI=1S/C19H19FN4O2/c1-11-14(15-9-13(20)4-5-16(15)22-11)10-18(25)23-17-8-12(6-7-21-17)19(26)24(2)3/h4-9,22H,10H2,1-3H3,(H,21,23,25). The van der Waals surface area contributed by atoms with Crippen LogP contribution < -0.4 is 5.32 Å². The molecule has 0 radical (unpaired) electrons. The van der Waals surface area contributed by atoms with E-state index in [4.69, 9.17) is 0 Å². The molecule has 0 unspecified atom stereocenters. The summed E-state index contributed by atoms with van der Waals surface area (Å²) in [6, 6.07) is 7.55. The maximum Gasteiger partial charge on any atom is 0.253 e. The Kier molecular flexibility index (Phi) is 4.71. The molecule has 3 rings (SSSR count). The number of hydrogen-bond donors (Lipinski definition) is 2. The van der Waals surface area contributed by atoms with Gasteiger partial charge in [0.1, 0.15) is 11.6 Å². The number of carbonyl (C=O) groups excluding carboxylic acids is 2. The van der Waals surface area contributed by atoms with Gasteiger partial charge in [-0.2, -0.15) is 0 Å². The molecule has 0 atom stereocenters. The number of amides is 2. The van der Waals surface area contributed by atoms with Crippen LogP contribution in [0.5, 0.6) is 0 Å². The fraction of sp³-hybridized carbons (Fsp3) is 0.211. The fourth-order valence-electron chi connectivity index (χ4n) is 2.82. The summed E-state index contributed by atoms with van der Waals surface area (Å²) < 4.78 is 13.5. The van der Waals surface area contributed by atoms with Gasteiger partial charge < -0.3 is 15.2 Å². The van der Waals surface area contributed by atoms with Crippen LogP contribution in [0.15, 0.2) is 36.5 Å². The molecule has 2 heterocycles. The van der Waals surface area contributed by atoms with E-state index in [1.165, 1.54) is 29.3 Å². The Balaban J connectivity index is 1.80. The second-order valence-corrected chi connectivity index (χ2v) is 6.27. The fourth-order valence-corrected chi connectivity index (χ4v) is 2.82. The first-order valence-electron chi connectivity index (χ1n) is 8.09. The zero-order valence-electron chi connectivity index (χ0n) is 14.8. The number of halogens is 1. The van der Waals surface area contributed by atoms with E-state index in [9.17, 15) is 14.0 Å². The highest BCUT2D eigenvalue weighted by molar-refractivity contribution is 5.98. The van der Waals surface area contributed by atoms with Crippen LogP contribution in [0, 0.1) is 12.7 Å². The van der Waals surface area contributed by atoms with E-state index in [2.05, 4.69) is 15.3 Å². The average molecular weight is 354 g/mol. The number of rotatable bonds is 4. The second kappa shape index (κ2) is 6.95. The van der Waals surface area contributed by atoms with Gasteiger partial charge in [0.25, 0.3) is 5.91 Å². The lowest BCUT2D eigenvalue weighted by molar-refractivity contribution is -0.115. The smallest absolute Gasteiger partial charge is 0.253 e. The third-order valence-corrected chi connectivity index (χ3v) is 4.10. The first-order valence-corrected chi connectivity index (χ1v) is 8.09. The van der Waals surface area contributed by atoms with Crippen molar-refractivity contribution in [3.63, 3.8) is 0 Å². The number of hydrogen-bond acceptors (Lipinski definition) is 3. The number of aromatic amines is 1. The van der Waals surface area contributed by atoms with E-state index in [-0.39, 0.29) is 24.1 Å². The average Bonchev–Trinajstić information content (AvgIpc) is 2.89. The van der Waals surface area contributed by atoms with Crippen LogP contribution in [0.1, 0.15) is 21.6 Å². The molecule has 6 nitrogen and oxygen atoms in total. The zero-order chi connectivity index (χ0) is 18.8. The van der Waals surface area contributed by atoms with Crippen LogP contribution in [0.2, 0.25) is 0 Å². The van der Waals surface area contributed by atoms with Crippen molar-refractivity contribution in [1.82, 2.24) is 14.9 Å². The summed E-state index contributed by atoms with van der Waals surface area (Å²) >= 11 is 0. The molecule has 2 aromatic heterocycles. The Morgan fingerprint density at radius 2 is 2.00 bits per heavy atom. The van der Waals surface area contributed by atoms with E-state index in [0.717, 1.165) is 16.8 Å². The van der Waals surface area contributed by atoms with E-state index >= 15 is 0 Å². The van der Waals surface area contributed by atoms with Crippen molar-refractivity contribution in [2.75, 3.05) is 19.4 Å². The molecule has 134 valence electrons. The molecule has 0 fully saturated rings. The van der Waals surface area contributed by atoms with Crippen LogP contribution >= 0.6 is 0 Å². The van der Waals surface area contributed by atoms with Gasteiger partial charge in [0.05, 0.1) is 6.42 Å². The number of aryl methyl sites for hydroxylation is 1. The van der Waals surface area contributed by atoms with Gasteiger partial charge in [-0.15, -0.1) is 0 Å². The summed E-state index contributed by atoms with van der Waals surface area (Å²) in [5.74, 6) is -0.521. The molecule has 3 aromatic rings. The van der Waals surface area contributed by atoms with E-state index < -0.39 is 0 Å². The molecule has 1 aromatic carbocycles. The molecule has 26 heavy (non-hydrogen) atoms. The normalized spacial score (nSPS) is 10.8. The number of fused-ring (bicyclic) bond motifs is 1. The van der Waals surface area contributed by atoms with Gasteiger partial charge in [-0.3, -0.25) is 9.59 Å². The lowest BCUT2D eigenvalue weighted by Crippen LogP contribution is -2.22. The molecule has 0 aliphatic rings. The lowest BCUT2D eigenvalue weighted by Gasteiger charge is -2.11. The molecule has 0 aliphatic carbocycles. The number of aromatic nitrogens is 2. The van der Waals surface area contributed by atoms with Crippen molar-refractivity contribution in [2.45, 2.75) is 13.3 Å². The van der Waals surface area contributed by atoms with E-state index in [1.54, 1.807) is 26.2 Å². The molecule has 0 bridgehead atoms. The second-order valence-electron chi connectivity index (χ2n) is 6.27. The summed E-state index contributed by atoms with van der Waals surface area (Å²) in [5, 5.41) is 3.38. The van der Waals surface area contributed by atoms with Crippen molar-refractivity contribution in [1.29, 1.82) is 0 Å². The van der Waals surface area contributed by atoms with Crippen molar-refractivity contribution >= 4 is 28.5 Å². The summed E-state index contributed by atoms with van der Waals surface area (Å²) in [6.07, 6.45) is 1.54. The predicted molar refractivity (Wildman–Crippen MR) is 97.6 cm³/mol. The third kappa shape index (κ3) is 3.56. The number of anilines is 1. The number of carbonyl (C=O) groups is 2. The Morgan fingerprint density at radius 3 is 2.73 bits per heavy atom. The SMILES string of the molecule is Cc1[nH]c2ccc(F)cc2c1CC(=O)Nc1cc(C(=O)N(C)C)ccn1. The molecule has 0 spiro atoms. The van der Waals surface area contributed by atoms with E-state index in [1.807, 2.05) is 6.92 Å². The zero-order valence-corrected chi connectivity index (χ0v) is 14.8. The van der Waals surface area contributed by atoms with Crippen molar-refractivity contribution in [2.24, 2.45) is 0 Å². The monoisotopic (exact) mass is 354 g/mol. The van der Waals surface area contributed by atoms with Gasteiger partial charge in [0.2, 0.25) is 5.91 Å². The van der Waals surface area contributed by atoms with Gasteiger partial charge in [0, 0.05) is 42.5 Å². The Bertz CT molecular complexity index is 994.